The molecule has 2 aromatic heterocycles. The fraction of sp³-hybridized carbons (Fsp3) is 0.388. The number of fused-ring (bicyclic) bond motifs is 4. The summed E-state index contributed by atoms with van der Waals surface area (Å²) in [4.78, 5) is 223. The molecule has 0 bridgehead atoms. The maximum Gasteiger partial charge on any atom is 0.326 e. The van der Waals surface area contributed by atoms with Crippen LogP contribution in [0.4, 0.5) is 11.6 Å². The monoisotopic (exact) mass is 1420 g/mol. The number of hydrogen-bond donors (Lipinski definition) is 14. The Labute approximate surface area is 578 Å². The van der Waals surface area contributed by atoms with Crippen LogP contribution in [0.1, 0.15) is 117 Å². The van der Waals surface area contributed by atoms with Gasteiger partial charge in [0.1, 0.15) is 11.8 Å². The number of H-pyrrole nitrogens is 1. The van der Waals surface area contributed by atoms with Gasteiger partial charge in [-0.05, 0) is 59.4 Å². The zero-order valence-corrected chi connectivity index (χ0v) is 55.2. The van der Waals surface area contributed by atoms with E-state index in [-0.39, 0.29) is 47.3 Å². The molecule has 3 aromatic carbocycles. The molecule has 6 rings (SSSR count). The summed E-state index contributed by atoms with van der Waals surface area (Å²) in [5.74, 6) is -25.3. The molecule has 1 aliphatic carbocycles. The standard InChI is InChI=1S/C67H75N11O22S/c1-3-8-46(73-61(93)35(25-54(84)85)22-40(79)17-18-47(66(99)100)74-60(92)34-13-15-38(16-14-34)69-30-39-31-71-59-58(72-39)64(96)78-67(68)77-59)51(81)23-36(26-55(86)87)62(94)75-49(28-57(90)91)52(82)24-37(63(95)76-48(27-56(88)89)50(80)21-33(2)65(97)98)29-70-53(83)19-20-101-32-45-43-11-6-4-9-41(43)42-10-5-7-12-44(42)45/h3-7,9-16,31,33,35-37,45-49,69H,1,8,17-30,32H2,2H3,(H,70,83)(H,73,93)(H,74,92)(H,75,94)(H,76,95)(H,84,85)(H,86,87)(H,88,89)(H,90,91)(H,97,98)(H,99,100)(H3,68,71,77,78,96)/t33-,35+,36+,37+,46+,47+,48+,49+/m1/s1. The molecule has 34 heteroatoms. The van der Waals surface area contributed by atoms with Gasteiger partial charge in [-0.2, -0.15) is 16.7 Å². The molecule has 0 saturated heterocycles. The van der Waals surface area contributed by atoms with Crippen molar-refractivity contribution in [3.63, 3.8) is 0 Å². The summed E-state index contributed by atoms with van der Waals surface area (Å²) in [6, 6.07) is 14.1. The van der Waals surface area contributed by atoms with Crippen molar-refractivity contribution < 1.29 is 103 Å². The number of carbonyl (C=O) groups excluding carboxylic acids is 9. The normalized spacial score (nSPS) is 13.9. The number of thioether (sulfide) groups is 1. The van der Waals surface area contributed by atoms with Crippen LogP contribution in [0.25, 0.3) is 22.3 Å². The first-order valence-electron chi connectivity index (χ1n) is 31.5. The van der Waals surface area contributed by atoms with Gasteiger partial charge in [-0.1, -0.05) is 61.5 Å². The highest BCUT2D eigenvalue weighted by Gasteiger charge is 2.37. The summed E-state index contributed by atoms with van der Waals surface area (Å²) in [6.07, 6.45) is -7.43. The molecule has 33 nitrogen and oxygen atoms in total. The van der Waals surface area contributed by atoms with Crippen LogP contribution in [0.2, 0.25) is 0 Å². The number of carboxylic acid groups (broad SMARTS) is 6. The topological polar surface area (TPSA) is 547 Å². The lowest BCUT2D eigenvalue weighted by molar-refractivity contribution is -0.145. The number of nitrogens with one attached hydrogen (secondary N) is 7. The van der Waals surface area contributed by atoms with Crippen LogP contribution in [0, 0.1) is 23.7 Å². The highest BCUT2D eigenvalue weighted by molar-refractivity contribution is 7.99. The summed E-state index contributed by atoms with van der Waals surface area (Å²) in [7, 11) is 0. The first kappa shape index (κ1) is 78.4. The summed E-state index contributed by atoms with van der Waals surface area (Å²) >= 11 is 1.45. The average molecular weight is 1420 g/mol. The van der Waals surface area contributed by atoms with Gasteiger partial charge >= 0.3 is 35.8 Å². The lowest BCUT2D eigenvalue weighted by Crippen LogP contribution is -2.50. The Morgan fingerprint density at radius 3 is 1.68 bits per heavy atom. The second kappa shape index (κ2) is 37.4. The van der Waals surface area contributed by atoms with Crippen molar-refractivity contribution in [1.29, 1.82) is 0 Å². The SMILES string of the molecule is C=CC[C@H](NC(=O)[C@H](CC(=O)O)CC(=O)CC[C@H](NC(=O)c1ccc(NCc2cnc3nc(N)[nH]c(=O)c3n2)cc1)C(=O)O)C(=O)C[C@@H](CC(=O)O)C(=O)N[C@@H](CC(=O)O)C(=O)C[C@@H](CNC(=O)CCSCC1c2ccccc2-c2ccccc21)C(=O)N[C@@H](CC(=O)O)C(=O)C[C@@H](C)C(=O)O. The number of amides is 5. The Bertz CT molecular complexity index is 4030. The van der Waals surface area contributed by atoms with Crippen molar-refractivity contribution in [2.24, 2.45) is 23.7 Å². The lowest BCUT2D eigenvalue weighted by Gasteiger charge is -2.25. The molecule has 0 fully saturated rings. The van der Waals surface area contributed by atoms with Gasteiger partial charge < -0.3 is 68.3 Å². The van der Waals surface area contributed by atoms with Gasteiger partial charge in [-0.3, -0.25) is 76.9 Å². The van der Waals surface area contributed by atoms with Crippen molar-refractivity contribution in [2.75, 3.05) is 29.1 Å². The van der Waals surface area contributed by atoms with Crippen LogP contribution >= 0.6 is 11.8 Å². The molecule has 0 aliphatic heterocycles. The Balaban J connectivity index is 1.08. The smallest absolute Gasteiger partial charge is 0.326 e. The molecule has 0 unspecified atom stereocenters. The first-order chi connectivity index (χ1) is 47.9. The number of hydrogen-bond acceptors (Lipinski definition) is 22. The van der Waals surface area contributed by atoms with E-state index in [1.807, 2.05) is 48.5 Å². The maximum absolute atomic E-state index is 14.2. The molecule has 0 spiro atoms. The highest BCUT2D eigenvalue weighted by atomic mass is 32.2. The van der Waals surface area contributed by atoms with Crippen molar-refractivity contribution in [2.45, 2.75) is 121 Å². The van der Waals surface area contributed by atoms with Crippen LogP contribution in [-0.2, 0) is 73.7 Å². The molecule has 8 atom stereocenters. The number of nitrogens with two attached hydrogens (primary N) is 1. The van der Waals surface area contributed by atoms with Gasteiger partial charge in [0, 0.05) is 73.7 Å². The van der Waals surface area contributed by atoms with Crippen molar-refractivity contribution in [1.82, 2.24) is 46.5 Å². The number of rotatable bonds is 44. The van der Waals surface area contributed by atoms with E-state index in [2.05, 4.69) is 58.4 Å². The predicted molar refractivity (Wildman–Crippen MR) is 358 cm³/mol. The lowest BCUT2D eigenvalue weighted by atomic mass is 9.90. The van der Waals surface area contributed by atoms with E-state index >= 15 is 0 Å². The zero-order chi connectivity index (χ0) is 74.2. The Morgan fingerprint density at radius 1 is 0.604 bits per heavy atom. The fourth-order valence-electron chi connectivity index (χ4n) is 10.9. The number of benzene rings is 3. The maximum atomic E-state index is 14.2. The van der Waals surface area contributed by atoms with Crippen LogP contribution < -0.4 is 43.2 Å². The molecule has 536 valence electrons. The van der Waals surface area contributed by atoms with Gasteiger partial charge in [0.05, 0.1) is 85.9 Å². The predicted octanol–water partition coefficient (Wildman–Crippen LogP) is 2.26. The summed E-state index contributed by atoms with van der Waals surface area (Å²) in [6.45, 7) is 4.05. The van der Waals surface area contributed by atoms with E-state index in [1.165, 1.54) is 42.2 Å². The van der Waals surface area contributed by atoms with Crippen molar-refractivity contribution >= 4 is 123 Å². The number of nitrogen functional groups attached to an aromatic ring is 1. The number of aromatic amines is 1. The molecule has 1 aliphatic rings. The van der Waals surface area contributed by atoms with Crippen LogP contribution in [0.15, 0.2) is 96.4 Å². The number of carboxylic acids is 6. The number of anilines is 2. The van der Waals surface area contributed by atoms with Crippen LogP contribution in [0.3, 0.4) is 0 Å². The second-order valence-corrected chi connectivity index (χ2v) is 25.0. The van der Waals surface area contributed by atoms with Crippen LogP contribution in [-0.4, -0.2) is 181 Å². The first-order valence-corrected chi connectivity index (χ1v) is 32.7. The Kier molecular flexibility index (Phi) is 29.0. The van der Waals surface area contributed by atoms with E-state index in [1.54, 1.807) is 0 Å². The minimum Gasteiger partial charge on any atom is -0.481 e. The van der Waals surface area contributed by atoms with Gasteiger partial charge in [0.2, 0.25) is 29.6 Å². The molecular weight excluding hydrogens is 1340 g/mol. The number of nitrogens with zero attached hydrogens (tertiary/aromatic N) is 3. The third kappa shape index (κ3) is 23.8. The summed E-state index contributed by atoms with van der Waals surface area (Å²) < 4.78 is 0. The van der Waals surface area contributed by atoms with Crippen molar-refractivity contribution in [3.05, 3.63) is 124 Å². The van der Waals surface area contributed by atoms with E-state index in [0.29, 0.717) is 17.1 Å². The summed E-state index contributed by atoms with van der Waals surface area (Å²) in [5.41, 5.74) is 10.1. The highest BCUT2D eigenvalue weighted by Crippen LogP contribution is 2.45. The molecule has 5 aromatic rings. The average Bonchev–Trinajstić information content (AvgIpc) is 1.63. The van der Waals surface area contributed by atoms with Gasteiger partial charge in [-0.25, -0.2) is 14.8 Å². The molecule has 2 heterocycles. The Morgan fingerprint density at radius 2 is 1.13 bits per heavy atom. The fourth-order valence-corrected chi connectivity index (χ4v) is 12.0. The number of aliphatic carboxylic acids is 6. The molecule has 0 radical (unpaired) electrons. The number of aromatic nitrogens is 4. The molecule has 15 N–H and O–H groups in total. The second-order valence-electron chi connectivity index (χ2n) is 23.9. The van der Waals surface area contributed by atoms with E-state index < -0.39 is 219 Å². The number of Topliss-reactive ketones (excluding diaryl/α,β-unsaturated/α-hetero) is 4. The summed E-state index contributed by atoms with van der Waals surface area (Å²) in [5, 5.41) is 73.1. The van der Waals surface area contributed by atoms with Crippen LogP contribution in [0.5, 0.6) is 0 Å². The molecule has 101 heavy (non-hydrogen) atoms. The van der Waals surface area contributed by atoms with Gasteiger partial charge in [0.15, 0.2) is 28.5 Å². The number of ketones is 4. The Hall–Kier alpha value is -11.6. The number of carbonyl (C=O) groups is 15. The molecule has 0 saturated carbocycles. The zero-order valence-electron chi connectivity index (χ0n) is 54.3. The largest absolute Gasteiger partial charge is 0.481 e. The molecular formula is C67H75N11O22S. The van der Waals surface area contributed by atoms with Gasteiger partial charge in [-0.15, -0.1) is 6.58 Å². The molecule has 5 amide bonds. The minimum absolute atomic E-state index is 0.00266. The quantitative estimate of drug-likeness (QED) is 0.0196. The minimum atomic E-state index is -2.12. The van der Waals surface area contributed by atoms with Gasteiger partial charge in [0.25, 0.3) is 11.5 Å². The third-order valence-corrected chi connectivity index (χ3v) is 17.3. The van der Waals surface area contributed by atoms with E-state index in [4.69, 9.17) is 5.73 Å². The third-order valence-electron chi connectivity index (χ3n) is 16.2. The van der Waals surface area contributed by atoms with Crippen molar-refractivity contribution in [3.8, 4) is 11.1 Å². The van der Waals surface area contributed by atoms with E-state index in [9.17, 15) is 107 Å². The van der Waals surface area contributed by atoms with E-state index in [0.717, 1.165) is 35.3 Å².